The lowest BCUT2D eigenvalue weighted by atomic mass is 9.87. The van der Waals surface area contributed by atoms with E-state index in [1.807, 2.05) is 4.90 Å². The molecule has 202 valence electrons. The predicted molar refractivity (Wildman–Crippen MR) is 134 cm³/mol. The maximum Gasteiger partial charge on any atom is 0.237 e. The highest BCUT2D eigenvalue weighted by Crippen LogP contribution is 2.29. The van der Waals surface area contributed by atoms with Crippen LogP contribution in [0.25, 0.3) is 0 Å². The zero-order valence-corrected chi connectivity index (χ0v) is 21.4. The maximum atomic E-state index is 13.8. The first-order chi connectivity index (χ1) is 17.5. The first kappa shape index (κ1) is 25.9. The molecule has 1 saturated carbocycles. The normalized spacial score (nSPS) is 36.2. The molecule has 1 aliphatic carbocycles. The van der Waals surface area contributed by atoms with Crippen LogP contribution < -0.4 is 16.0 Å². The third-order valence-electron chi connectivity index (χ3n) is 9.03. The van der Waals surface area contributed by atoms with Gasteiger partial charge in [0.1, 0.15) is 6.17 Å². The molecule has 0 bridgehead atoms. The molecule has 5 fully saturated rings. The van der Waals surface area contributed by atoms with Crippen LogP contribution in [0.2, 0.25) is 0 Å². The number of nitrogens with one attached hydrogen (secondary N) is 3. The first-order valence-corrected chi connectivity index (χ1v) is 14.2. The Morgan fingerprint density at radius 1 is 1.03 bits per heavy atom. The second-order valence-electron chi connectivity index (χ2n) is 11.4. The van der Waals surface area contributed by atoms with Gasteiger partial charge in [0.2, 0.25) is 17.7 Å². The number of carbonyl (C=O) groups is 3. The van der Waals surface area contributed by atoms with E-state index in [4.69, 9.17) is 0 Å². The molecule has 0 aromatic heterocycles. The number of amides is 3. The van der Waals surface area contributed by atoms with Crippen LogP contribution in [-0.4, -0.2) is 109 Å². The van der Waals surface area contributed by atoms with Crippen molar-refractivity contribution in [2.75, 3.05) is 45.8 Å². The van der Waals surface area contributed by atoms with Crippen molar-refractivity contribution in [2.24, 2.45) is 5.92 Å². The number of hydrogen-bond acceptors (Lipinski definition) is 6. The number of halogens is 1. The molecule has 36 heavy (non-hydrogen) atoms. The van der Waals surface area contributed by atoms with E-state index in [1.54, 1.807) is 0 Å². The van der Waals surface area contributed by atoms with Gasteiger partial charge in [0.25, 0.3) is 0 Å². The average molecular weight is 507 g/mol. The summed E-state index contributed by atoms with van der Waals surface area (Å²) in [6, 6.07) is -0.279. The highest BCUT2D eigenvalue weighted by molar-refractivity contribution is 5.84. The molecule has 5 rings (SSSR count). The van der Waals surface area contributed by atoms with Gasteiger partial charge in [0, 0.05) is 63.7 Å². The van der Waals surface area contributed by atoms with E-state index in [0.29, 0.717) is 51.4 Å². The lowest BCUT2D eigenvalue weighted by Gasteiger charge is -2.41. The number of fused-ring (bicyclic) bond motifs is 1. The Morgan fingerprint density at radius 2 is 1.86 bits per heavy atom. The summed E-state index contributed by atoms with van der Waals surface area (Å²) in [7, 11) is 0. The van der Waals surface area contributed by atoms with Crippen molar-refractivity contribution in [2.45, 2.75) is 94.7 Å². The molecule has 4 aliphatic heterocycles. The molecule has 4 heterocycles. The van der Waals surface area contributed by atoms with Gasteiger partial charge < -0.3 is 20.9 Å². The zero-order chi connectivity index (χ0) is 25.1. The van der Waals surface area contributed by atoms with Gasteiger partial charge in [-0.2, -0.15) is 0 Å². The third-order valence-corrected chi connectivity index (χ3v) is 9.03. The number of piperidine rings is 1. The van der Waals surface area contributed by atoms with Crippen LogP contribution in [0.4, 0.5) is 4.39 Å². The van der Waals surface area contributed by atoms with E-state index in [0.717, 1.165) is 45.6 Å². The summed E-state index contributed by atoms with van der Waals surface area (Å²) in [6.07, 6.45) is 7.39. The van der Waals surface area contributed by atoms with E-state index in [9.17, 15) is 18.8 Å². The third kappa shape index (κ3) is 6.02. The summed E-state index contributed by atoms with van der Waals surface area (Å²) < 4.78 is 13.8. The molecule has 0 radical (unpaired) electrons. The fourth-order valence-corrected chi connectivity index (χ4v) is 6.91. The van der Waals surface area contributed by atoms with Gasteiger partial charge in [-0.3, -0.25) is 24.2 Å². The predicted octanol–water partition coefficient (Wildman–Crippen LogP) is 0.596. The molecule has 4 saturated heterocycles. The molecular weight excluding hydrogens is 463 g/mol. The van der Waals surface area contributed by atoms with E-state index >= 15 is 0 Å². The summed E-state index contributed by atoms with van der Waals surface area (Å²) in [5.41, 5.74) is 0. The Hall–Kier alpha value is -1.78. The van der Waals surface area contributed by atoms with Gasteiger partial charge in [0.05, 0.1) is 12.2 Å². The monoisotopic (exact) mass is 506 g/mol. The minimum Gasteiger partial charge on any atom is -0.353 e. The van der Waals surface area contributed by atoms with E-state index in [2.05, 4.69) is 25.8 Å². The van der Waals surface area contributed by atoms with Gasteiger partial charge in [-0.15, -0.1) is 0 Å². The van der Waals surface area contributed by atoms with Crippen molar-refractivity contribution in [3.63, 3.8) is 0 Å². The average Bonchev–Trinajstić information content (AvgIpc) is 3.33. The Morgan fingerprint density at radius 3 is 2.61 bits per heavy atom. The maximum absolute atomic E-state index is 13.8. The van der Waals surface area contributed by atoms with Gasteiger partial charge in [-0.1, -0.05) is 0 Å². The number of nitrogens with zero attached hydrogens (tertiary/aromatic N) is 3. The van der Waals surface area contributed by atoms with E-state index < -0.39 is 6.17 Å². The lowest BCUT2D eigenvalue weighted by molar-refractivity contribution is -0.134. The summed E-state index contributed by atoms with van der Waals surface area (Å²) in [4.78, 5) is 44.9. The smallest absolute Gasteiger partial charge is 0.237 e. The molecule has 0 aromatic carbocycles. The molecule has 6 atom stereocenters. The molecule has 3 N–H and O–H groups in total. The van der Waals surface area contributed by atoms with Gasteiger partial charge in [0.15, 0.2) is 0 Å². The highest BCUT2D eigenvalue weighted by atomic mass is 19.1. The lowest BCUT2D eigenvalue weighted by Crippen LogP contribution is -2.58. The SMILES string of the molecule is O=C(NC1CC2C(=O)NCC(CCC(=O)N3CCN(C4CCCCN4)CC3)N2C1)C1CCCC(F)C1. The number of rotatable bonds is 6. The Bertz CT molecular complexity index is 801. The quantitative estimate of drug-likeness (QED) is 0.488. The summed E-state index contributed by atoms with van der Waals surface area (Å²) in [5, 5.41) is 9.71. The molecule has 6 unspecified atom stereocenters. The van der Waals surface area contributed by atoms with Crippen molar-refractivity contribution in [1.82, 2.24) is 30.7 Å². The number of carbonyl (C=O) groups excluding carboxylic acids is 3. The topological polar surface area (TPSA) is 97.0 Å². The largest absolute Gasteiger partial charge is 0.353 e. The minimum absolute atomic E-state index is 0.00302. The molecule has 0 spiro atoms. The van der Waals surface area contributed by atoms with Crippen molar-refractivity contribution in [1.29, 1.82) is 0 Å². The fraction of sp³-hybridized carbons (Fsp3) is 0.885. The molecule has 10 heteroatoms. The van der Waals surface area contributed by atoms with Crippen molar-refractivity contribution in [3.05, 3.63) is 0 Å². The Labute approximate surface area is 213 Å². The number of piperazine rings is 2. The van der Waals surface area contributed by atoms with E-state index in [1.165, 1.54) is 19.3 Å². The molecular formula is C26H43FN6O3. The summed E-state index contributed by atoms with van der Waals surface area (Å²) >= 11 is 0. The van der Waals surface area contributed by atoms with Crippen LogP contribution in [0.15, 0.2) is 0 Å². The second kappa shape index (κ2) is 11.7. The number of alkyl halides is 1. The van der Waals surface area contributed by atoms with Crippen LogP contribution >= 0.6 is 0 Å². The van der Waals surface area contributed by atoms with Gasteiger partial charge in [-0.05, 0) is 64.3 Å². The molecule has 5 aliphatic rings. The van der Waals surface area contributed by atoms with Crippen molar-refractivity contribution in [3.8, 4) is 0 Å². The minimum atomic E-state index is -0.885. The standard InChI is InChI=1S/C26H43FN6O3/c27-19-5-3-4-18(14-19)25(35)30-20-15-22-26(36)29-16-21(33(22)17-20)7-8-24(34)32-12-10-31(11-13-32)23-6-1-2-9-28-23/h18-23,28H,1-17H2,(H,29,36)(H,30,35). The number of hydrogen-bond donors (Lipinski definition) is 3. The van der Waals surface area contributed by atoms with Crippen LogP contribution in [0.5, 0.6) is 0 Å². The van der Waals surface area contributed by atoms with Crippen LogP contribution in [0.3, 0.4) is 0 Å². The first-order valence-electron chi connectivity index (χ1n) is 14.2. The molecule has 9 nitrogen and oxygen atoms in total. The second-order valence-corrected chi connectivity index (χ2v) is 11.4. The van der Waals surface area contributed by atoms with Crippen molar-refractivity contribution < 1.29 is 18.8 Å². The summed E-state index contributed by atoms with van der Waals surface area (Å²) in [5.74, 6) is -0.134. The van der Waals surface area contributed by atoms with Crippen LogP contribution in [-0.2, 0) is 14.4 Å². The Balaban J connectivity index is 1.08. The van der Waals surface area contributed by atoms with E-state index in [-0.39, 0.29) is 41.8 Å². The zero-order valence-electron chi connectivity index (χ0n) is 21.4. The van der Waals surface area contributed by atoms with Gasteiger partial charge >= 0.3 is 0 Å². The molecule has 0 aromatic rings. The Kier molecular flexibility index (Phi) is 8.42. The van der Waals surface area contributed by atoms with Crippen LogP contribution in [0, 0.1) is 5.92 Å². The fourth-order valence-electron chi connectivity index (χ4n) is 6.91. The van der Waals surface area contributed by atoms with Crippen molar-refractivity contribution >= 4 is 17.7 Å². The van der Waals surface area contributed by atoms with Crippen LogP contribution in [0.1, 0.15) is 64.2 Å². The van der Waals surface area contributed by atoms with Gasteiger partial charge in [-0.25, -0.2) is 4.39 Å². The highest BCUT2D eigenvalue weighted by Gasteiger charge is 2.44. The molecule has 3 amide bonds. The summed E-state index contributed by atoms with van der Waals surface area (Å²) in [6.45, 7) is 5.63.